The molecule has 0 unspecified atom stereocenters. The summed E-state index contributed by atoms with van der Waals surface area (Å²) in [5, 5.41) is 5.98. The minimum Gasteiger partial charge on any atom is -0.314 e. The molecule has 1 aromatic heterocycles. The maximum absolute atomic E-state index is 12.8. The Morgan fingerprint density at radius 2 is 2.11 bits per heavy atom. The third-order valence-electron chi connectivity index (χ3n) is 3.43. The molecular formula is C13H19FN4O. The van der Waals surface area contributed by atoms with Crippen molar-refractivity contribution in [1.29, 1.82) is 0 Å². The average Bonchev–Trinajstić information content (AvgIpc) is 2.42. The van der Waals surface area contributed by atoms with E-state index in [1.807, 2.05) is 13.8 Å². The summed E-state index contributed by atoms with van der Waals surface area (Å²) in [6.45, 7) is 7.19. The fraction of sp³-hybridized carbons (Fsp3) is 0.538. The van der Waals surface area contributed by atoms with Crippen LogP contribution in [0.1, 0.15) is 13.8 Å². The summed E-state index contributed by atoms with van der Waals surface area (Å²) in [6.07, 6.45) is 1.09. The first-order chi connectivity index (χ1) is 9.00. The molecular weight excluding hydrogens is 247 g/mol. The van der Waals surface area contributed by atoms with Gasteiger partial charge in [-0.1, -0.05) is 0 Å². The number of aromatic nitrogens is 1. The number of nitrogens with zero attached hydrogens (tertiary/aromatic N) is 2. The Morgan fingerprint density at radius 1 is 1.42 bits per heavy atom. The molecule has 2 heterocycles. The van der Waals surface area contributed by atoms with Gasteiger partial charge in [0.15, 0.2) is 0 Å². The summed E-state index contributed by atoms with van der Waals surface area (Å²) in [6, 6.07) is 2.74. The molecule has 0 spiro atoms. The standard InChI is InChI=1S/C13H19FN4O/c1-13(2,18-7-5-15-6-8-18)12(19)17-11-4-3-10(14)9-16-11/h3-4,9,15H,5-8H2,1-2H3,(H,16,17,19). The zero-order valence-electron chi connectivity index (χ0n) is 11.2. The summed E-state index contributed by atoms with van der Waals surface area (Å²) >= 11 is 0. The van der Waals surface area contributed by atoms with Gasteiger partial charge in [-0.2, -0.15) is 0 Å². The summed E-state index contributed by atoms with van der Waals surface area (Å²) in [5.41, 5.74) is -0.613. The molecule has 0 atom stereocenters. The Bertz CT molecular complexity index is 440. The topological polar surface area (TPSA) is 57.3 Å². The lowest BCUT2D eigenvalue weighted by Crippen LogP contribution is -2.58. The van der Waals surface area contributed by atoms with Gasteiger partial charge in [0.25, 0.3) is 0 Å². The Hall–Kier alpha value is -1.53. The van der Waals surface area contributed by atoms with E-state index in [1.54, 1.807) is 0 Å². The molecule has 1 aliphatic rings. The predicted molar refractivity (Wildman–Crippen MR) is 71.3 cm³/mol. The van der Waals surface area contributed by atoms with Gasteiger partial charge in [-0.3, -0.25) is 9.69 Å². The number of carbonyl (C=O) groups is 1. The summed E-state index contributed by atoms with van der Waals surface area (Å²) in [4.78, 5) is 18.3. The molecule has 1 aromatic rings. The second kappa shape index (κ2) is 5.63. The number of hydrogen-bond donors (Lipinski definition) is 2. The minimum absolute atomic E-state index is 0.131. The zero-order valence-corrected chi connectivity index (χ0v) is 11.2. The Balaban J connectivity index is 2.03. The van der Waals surface area contributed by atoms with Crippen LogP contribution in [-0.2, 0) is 4.79 Å². The highest BCUT2D eigenvalue weighted by Gasteiger charge is 2.35. The third kappa shape index (κ3) is 3.27. The molecule has 0 saturated carbocycles. The van der Waals surface area contributed by atoms with Crippen molar-refractivity contribution in [2.24, 2.45) is 0 Å². The van der Waals surface area contributed by atoms with Crippen LogP contribution in [0.15, 0.2) is 18.3 Å². The number of hydrogen-bond acceptors (Lipinski definition) is 4. The smallest absolute Gasteiger partial charge is 0.245 e. The molecule has 1 aliphatic heterocycles. The molecule has 0 bridgehead atoms. The van der Waals surface area contributed by atoms with Gasteiger partial charge in [-0.25, -0.2) is 9.37 Å². The van der Waals surface area contributed by atoms with Crippen LogP contribution in [0.4, 0.5) is 10.2 Å². The van der Waals surface area contributed by atoms with Crippen LogP contribution < -0.4 is 10.6 Å². The van der Waals surface area contributed by atoms with E-state index >= 15 is 0 Å². The number of piperazine rings is 1. The number of amides is 1. The lowest BCUT2D eigenvalue weighted by molar-refractivity contribution is -0.126. The number of anilines is 1. The van der Waals surface area contributed by atoms with Crippen LogP contribution in [-0.4, -0.2) is 47.5 Å². The number of carbonyl (C=O) groups excluding carboxylic acids is 1. The van der Waals surface area contributed by atoms with Crippen LogP contribution in [0, 0.1) is 5.82 Å². The predicted octanol–water partition coefficient (Wildman–Crippen LogP) is 0.843. The molecule has 0 aliphatic carbocycles. The fourth-order valence-corrected chi connectivity index (χ4v) is 2.09. The largest absolute Gasteiger partial charge is 0.314 e. The number of pyridine rings is 1. The SMILES string of the molecule is CC(C)(C(=O)Nc1ccc(F)cn1)N1CCNCC1. The quantitative estimate of drug-likeness (QED) is 0.851. The van der Waals surface area contributed by atoms with Crippen molar-refractivity contribution >= 4 is 11.7 Å². The van der Waals surface area contributed by atoms with E-state index in [4.69, 9.17) is 0 Å². The van der Waals surface area contributed by atoms with Crippen LogP contribution in [0.3, 0.4) is 0 Å². The second-order valence-corrected chi connectivity index (χ2v) is 5.11. The molecule has 19 heavy (non-hydrogen) atoms. The van der Waals surface area contributed by atoms with Gasteiger partial charge in [-0.05, 0) is 26.0 Å². The van der Waals surface area contributed by atoms with Crippen LogP contribution >= 0.6 is 0 Å². The molecule has 1 amide bonds. The molecule has 0 aromatic carbocycles. The monoisotopic (exact) mass is 266 g/mol. The van der Waals surface area contributed by atoms with Crippen molar-refractivity contribution in [3.05, 3.63) is 24.1 Å². The summed E-state index contributed by atoms with van der Waals surface area (Å²) in [5.74, 6) is -0.178. The van der Waals surface area contributed by atoms with E-state index in [2.05, 4.69) is 20.5 Å². The molecule has 2 N–H and O–H groups in total. The van der Waals surface area contributed by atoms with E-state index in [0.29, 0.717) is 5.82 Å². The first kappa shape index (κ1) is 13.9. The molecule has 5 nitrogen and oxygen atoms in total. The van der Waals surface area contributed by atoms with Gasteiger partial charge < -0.3 is 10.6 Å². The van der Waals surface area contributed by atoms with Crippen LogP contribution in [0.2, 0.25) is 0 Å². The highest BCUT2D eigenvalue weighted by atomic mass is 19.1. The lowest BCUT2D eigenvalue weighted by atomic mass is 10.0. The molecule has 1 fully saturated rings. The van der Waals surface area contributed by atoms with Gasteiger partial charge in [0.2, 0.25) is 5.91 Å². The minimum atomic E-state index is -0.613. The van der Waals surface area contributed by atoms with Crippen LogP contribution in [0.25, 0.3) is 0 Å². The van der Waals surface area contributed by atoms with Gasteiger partial charge in [0.1, 0.15) is 11.6 Å². The second-order valence-electron chi connectivity index (χ2n) is 5.11. The van der Waals surface area contributed by atoms with Crippen molar-refractivity contribution in [3.63, 3.8) is 0 Å². The van der Waals surface area contributed by atoms with Crippen LogP contribution in [0.5, 0.6) is 0 Å². The van der Waals surface area contributed by atoms with Crippen molar-refractivity contribution < 1.29 is 9.18 Å². The molecule has 6 heteroatoms. The van der Waals surface area contributed by atoms with Crippen molar-refractivity contribution in [1.82, 2.24) is 15.2 Å². The molecule has 1 saturated heterocycles. The van der Waals surface area contributed by atoms with Gasteiger partial charge >= 0.3 is 0 Å². The fourth-order valence-electron chi connectivity index (χ4n) is 2.09. The van der Waals surface area contributed by atoms with E-state index in [1.165, 1.54) is 12.1 Å². The highest BCUT2D eigenvalue weighted by Crippen LogP contribution is 2.17. The zero-order chi connectivity index (χ0) is 13.9. The first-order valence-corrected chi connectivity index (χ1v) is 6.39. The average molecular weight is 266 g/mol. The number of nitrogens with one attached hydrogen (secondary N) is 2. The summed E-state index contributed by atoms with van der Waals surface area (Å²) < 4.78 is 12.8. The van der Waals surface area contributed by atoms with E-state index in [9.17, 15) is 9.18 Å². The van der Waals surface area contributed by atoms with E-state index < -0.39 is 11.4 Å². The molecule has 104 valence electrons. The first-order valence-electron chi connectivity index (χ1n) is 6.39. The third-order valence-corrected chi connectivity index (χ3v) is 3.43. The molecule has 0 radical (unpaired) electrons. The summed E-state index contributed by atoms with van der Waals surface area (Å²) in [7, 11) is 0. The van der Waals surface area contributed by atoms with Crippen molar-refractivity contribution in [3.8, 4) is 0 Å². The maximum atomic E-state index is 12.8. The number of halogens is 1. The Labute approximate surface area is 112 Å². The van der Waals surface area contributed by atoms with Crippen molar-refractivity contribution in [2.45, 2.75) is 19.4 Å². The normalized spacial score (nSPS) is 17.2. The Kier molecular flexibility index (Phi) is 4.11. The van der Waals surface area contributed by atoms with Crippen molar-refractivity contribution in [2.75, 3.05) is 31.5 Å². The van der Waals surface area contributed by atoms with Gasteiger partial charge in [-0.15, -0.1) is 0 Å². The van der Waals surface area contributed by atoms with Gasteiger partial charge in [0, 0.05) is 26.2 Å². The maximum Gasteiger partial charge on any atom is 0.245 e. The van der Waals surface area contributed by atoms with E-state index in [-0.39, 0.29) is 5.91 Å². The molecule has 2 rings (SSSR count). The number of rotatable bonds is 3. The van der Waals surface area contributed by atoms with E-state index in [0.717, 1.165) is 32.4 Å². The van der Waals surface area contributed by atoms with Gasteiger partial charge in [0.05, 0.1) is 11.7 Å². The highest BCUT2D eigenvalue weighted by molar-refractivity contribution is 5.96. The Morgan fingerprint density at radius 3 is 2.68 bits per heavy atom. The lowest BCUT2D eigenvalue weighted by Gasteiger charge is -2.39.